The van der Waals surface area contributed by atoms with Crippen LogP contribution in [0.1, 0.15) is 84.0 Å². The molecule has 1 atom stereocenters. The van der Waals surface area contributed by atoms with Crippen LogP contribution in [-0.4, -0.2) is 18.7 Å². The Balaban J connectivity index is 2.91. The van der Waals surface area contributed by atoms with Crippen molar-refractivity contribution in [2.45, 2.75) is 89.5 Å². The fourth-order valence-electron chi connectivity index (χ4n) is 2.17. The van der Waals surface area contributed by atoms with Crippen LogP contribution in [0.3, 0.4) is 0 Å². The van der Waals surface area contributed by atoms with E-state index in [-0.39, 0.29) is 5.50 Å². The van der Waals surface area contributed by atoms with Gasteiger partial charge in [-0.1, -0.05) is 71.1 Å². The van der Waals surface area contributed by atoms with E-state index >= 15 is 0 Å². The van der Waals surface area contributed by atoms with Gasteiger partial charge < -0.3 is 10.5 Å². The molecule has 0 aromatic rings. The summed E-state index contributed by atoms with van der Waals surface area (Å²) in [6.45, 7) is 3.83. The van der Waals surface area contributed by atoms with Crippen molar-refractivity contribution in [2.24, 2.45) is 5.73 Å². The van der Waals surface area contributed by atoms with E-state index in [1.807, 2.05) is 0 Å². The molecule has 0 heterocycles. The van der Waals surface area contributed by atoms with E-state index in [1.165, 1.54) is 70.6 Å². The molecule has 1 unspecified atom stereocenters. The normalized spacial score (nSPS) is 12.8. The van der Waals surface area contributed by atoms with Crippen molar-refractivity contribution in [3.8, 4) is 0 Å². The fourth-order valence-corrected chi connectivity index (χ4v) is 2.26. The van der Waals surface area contributed by atoms with Crippen molar-refractivity contribution in [1.29, 1.82) is 0 Å². The Morgan fingerprint density at radius 1 is 0.789 bits per heavy atom. The summed E-state index contributed by atoms with van der Waals surface area (Å²) in [6, 6.07) is 0. The smallest absolute Gasteiger partial charge is 0.0822 e. The molecule has 0 spiro atoms. The van der Waals surface area contributed by atoms with Gasteiger partial charge in [0, 0.05) is 13.2 Å². The van der Waals surface area contributed by atoms with Gasteiger partial charge in [0.05, 0.1) is 5.50 Å². The average Bonchev–Trinajstić information content (AvgIpc) is 2.39. The van der Waals surface area contributed by atoms with Gasteiger partial charge in [0.1, 0.15) is 0 Å². The van der Waals surface area contributed by atoms with E-state index in [4.69, 9.17) is 22.1 Å². The van der Waals surface area contributed by atoms with Crippen LogP contribution in [0.4, 0.5) is 0 Å². The van der Waals surface area contributed by atoms with Crippen LogP contribution >= 0.6 is 11.6 Å². The number of hydrogen-bond acceptors (Lipinski definition) is 2. The van der Waals surface area contributed by atoms with Crippen molar-refractivity contribution in [1.82, 2.24) is 0 Å². The first-order valence-electron chi connectivity index (χ1n) is 8.24. The molecule has 0 rings (SSSR count). The standard InChI is InChI=1S/C16H34ClNO/c1-2-3-4-5-6-7-8-9-10-11-12-14-19-15-13-16(17)18/h16H,2-15,18H2,1H3. The quantitative estimate of drug-likeness (QED) is 0.255. The Bertz CT molecular complexity index is 165. The molecule has 0 saturated carbocycles. The zero-order chi connectivity index (χ0) is 14.2. The monoisotopic (exact) mass is 291 g/mol. The Kier molecular flexibility index (Phi) is 16.4. The molecule has 0 aliphatic rings. The zero-order valence-corrected chi connectivity index (χ0v) is 13.6. The van der Waals surface area contributed by atoms with E-state index in [0.717, 1.165) is 13.0 Å². The van der Waals surface area contributed by atoms with Crippen LogP contribution < -0.4 is 5.73 Å². The molecule has 0 aliphatic heterocycles. The predicted octanol–water partition coefficient (Wildman–Crippen LogP) is 5.23. The maximum Gasteiger partial charge on any atom is 0.0822 e. The molecule has 0 aliphatic carbocycles. The first kappa shape index (κ1) is 19.2. The van der Waals surface area contributed by atoms with Crippen LogP contribution in [0.15, 0.2) is 0 Å². The van der Waals surface area contributed by atoms with Gasteiger partial charge in [-0.2, -0.15) is 0 Å². The van der Waals surface area contributed by atoms with Gasteiger partial charge in [-0.3, -0.25) is 0 Å². The lowest BCUT2D eigenvalue weighted by Gasteiger charge is -2.05. The topological polar surface area (TPSA) is 35.2 Å². The molecule has 0 bridgehead atoms. The summed E-state index contributed by atoms with van der Waals surface area (Å²) in [5, 5.41) is 0. The van der Waals surface area contributed by atoms with Crippen molar-refractivity contribution in [2.75, 3.05) is 13.2 Å². The molecule has 19 heavy (non-hydrogen) atoms. The number of unbranched alkanes of at least 4 members (excludes halogenated alkanes) is 10. The van der Waals surface area contributed by atoms with Gasteiger partial charge in [-0.15, -0.1) is 11.6 Å². The van der Waals surface area contributed by atoms with Crippen LogP contribution in [0.5, 0.6) is 0 Å². The first-order valence-corrected chi connectivity index (χ1v) is 8.68. The van der Waals surface area contributed by atoms with Crippen molar-refractivity contribution < 1.29 is 4.74 Å². The first-order chi connectivity index (χ1) is 9.27. The lowest BCUT2D eigenvalue weighted by atomic mass is 10.1. The summed E-state index contributed by atoms with van der Waals surface area (Å²) >= 11 is 5.63. The van der Waals surface area contributed by atoms with Crippen LogP contribution in [0.2, 0.25) is 0 Å². The number of hydrogen-bond donors (Lipinski definition) is 1. The molecule has 2 nitrogen and oxygen atoms in total. The minimum Gasteiger partial charge on any atom is -0.381 e. The Hall–Kier alpha value is 0.210. The molecule has 0 radical (unpaired) electrons. The maximum atomic E-state index is 5.63. The third kappa shape index (κ3) is 18.2. The minimum atomic E-state index is -0.252. The number of rotatable bonds is 15. The zero-order valence-electron chi connectivity index (χ0n) is 12.8. The SMILES string of the molecule is CCCCCCCCCCCCCOCCC(N)Cl. The molecular weight excluding hydrogens is 258 g/mol. The second-order valence-corrected chi connectivity index (χ2v) is 6.01. The Morgan fingerprint density at radius 2 is 1.26 bits per heavy atom. The lowest BCUT2D eigenvalue weighted by Crippen LogP contribution is -2.14. The molecular formula is C16H34ClNO. The highest BCUT2D eigenvalue weighted by Gasteiger charge is 1.96. The summed E-state index contributed by atoms with van der Waals surface area (Å²) in [5.74, 6) is 0. The lowest BCUT2D eigenvalue weighted by molar-refractivity contribution is 0.127. The van der Waals surface area contributed by atoms with Crippen molar-refractivity contribution >= 4 is 11.6 Å². The largest absolute Gasteiger partial charge is 0.381 e. The summed E-state index contributed by atoms with van der Waals surface area (Å²) in [7, 11) is 0. The van der Waals surface area contributed by atoms with Crippen molar-refractivity contribution in [3.05, 3.63) is 0 Å². The highest BCUT2D eigenvalue weighted by molar-refractivity contribution is 6.20. The Morgan fingerprint density at radius 3 is 1.74 bits per heavy atom. The molecule has 2 N–H and O–H groups in total. The van der Waals surface area contributed by atoms with Crippen LogP contribution in [-0.2, 0) is 4.74 Å². The predicted molar refractivity (Wildman–Crippen MR) is 85.7 cm³/mol. The van der Waals surface area contributed by atoms with E-state index in [2.05, 4.69) is 6.92 Å². The fraction of sp³-hybridized carbons (Fsp3) is 1.00. The highest BCUT2D eigenvalue weighted by Crippen LogP contribution is 2.11. The van der Waals surface area contributed by atoms with E-state index in [9.17, 15) is 0 Å². The number of nitrogens with two attached hydrogens (primary N) is 1. The Labute approximate surface area is 125 Å². The average molecular weight is 292 g/mol. The molecule has 0 aromatic heterocycles. The molecule has 0 saturated heterocycles. The molecule has 116 valence electrons. The van der Waals surface area contributed by atoms with Gasteiger partial charge >= 0.3 is 0 Å². The van der Waals surface area contributed by atoms with Crippen LogP contribution in [0, 0.1) is 0 Å². The van der Waals surface area contributed by atoms with Gasteiger partial charge in [0.2, 0.25) is 0 Å². The number of alkyl halides is 1. The van der Waals surface area contributed by atoms with E-state index in [1.54, 1.807) is 0 Å². The van der Waals surface area contributed by atoms with Crippen LogP contribution in [0.25, 0.3) is 0 Å². The summed E-state index contributed by atoms with van der Waals surface area (Å²) in [4.78, 5) is 0. The summed E-state index contributed by atoms with van der Waals surface area (Å²) in [6.07, 6.45) is 15.9. The maximum absolute atomic E-state index is 5.63. The van der Waals surface area contributed by atoms with E-state index in [0.29, 0.717) is 6.61 Å². The molecule has 0 fully saturated rings. The summed E-state index contributed by atoms with van der Waals surface area (Å²) in [5.41, 5.74) is 5.17. The van der Waals surface area contributed by atoms with Crippen molar-refractivity contribution in [3.63, 3.8) is 0 Å². The highest BCUT2D eigenvalue weighted by atomic mass is 35.5. The molecule has 3 heteroatoms. The minimum absolute atomic E-state index is 0.252. The number of halogens is 1. The van der Waals surface area contributed by atoms with E-state index < -0.39 is 0 Å². The van der Waals surface area contributed by atoms with Gasteiger partial charge in [0.25, 0.3) is 0 Å². The molecule has 0 amide bonds. The third-order valence-electron chi connectivity index (χ3n) is 3.43. The molecule has 0 aromatic carbocycles. The number of ether oxygens (including phenoxy) is 1. The third-order valence-corrected chi connectivity index (χ3v) is 3.65. The van der Waals surface area contributed by atoms with Gasteiger partial charge in [-0.05, 0) is 12.8 Å². The second-order valence-electron chi connectivity index (χ2n) is 5.45. The second kappa shape index (κ2) is 16.3. The van der Waals surface area contributed by atoms with Gasteiger partial charge in [-0.25, -0.2) is 0 Å². The van der Waals surface area contributed by atoms with Gasteiger partial charge in [0.15, 0.2) is 0 Å². The summed E-state index contributed by atoms with van der Waals surface area (Å²) < 4.78 is 5.46.